The minimum Gasteiger partial charge on any atom is -0.489 e. The number of rotatable bonds is 6. The quantitative estimate of drug-likeness (QED) is 0.458. The van der Waals surface area contributed by atoms with Crippen molar-refractivity contribution in [2.75, 3.05) is 5.32 Å². The molecule has 3 aromatic carbocycles. The van der Waals surface area contributed by atoms with Gasteiger partial charge in [-0.1, -0.05) is 57.9 Å². The van der Waals surface area contributed by atoms with Crippen LogP contribution in [0.25, 0.3) is 0 Å². The highest BCUT2D eigenvalue weighted by Crippen LogP contribution is 2.26. The molecule has 0 radical (unpaired) electrons. The summed E-state index contributed by atoms with van der Waals surface area (Å²) in [5.74, 6) is 0.877. The number of aryl methyl sites for hydroxylation is 2. The first-order valence-electron chi connectivity index (χ1n) is 8.48. The Morgan fingerprint density at radius 3 is 2.50 bits per heavy atom. The Kier molecular flexibility index (Phi) is 6.23. The summed E-state index contributed by atoms with van der Waals surface area (Å²) in [5, 5.41) is 4.19. The summed E-state index contributed by atoms with van der Waals surface area (Å²) in [4.78, 5) is 0. The monoisotopic (exact) mass is 429 g/mol. The van der Waals surface area contributed by atoms with E-state index in [0.29, 0.717) is 13.2 Å². The Hall–Kier alpha value is -1.97. The molecule has 2 nitrogen and oxygen atoms in total. The number of benzene rings is 3. The molecule has 0 saturated heterocycles. The Bertz CT molecular complexity index is 910. The van der Waals surface area contributed by atoms with Crippen LogP contribution >= 0.6 is 27.5 Å². The first-order chi connectivity index (χ1) is 12.5. The molecule has 26 heavy (non-hydrogen) atoms. The van der Waals surface area contributed by atoms with Gasteiger partial charge in [-0.2, -0.15) is 0 Å². The third-order valence-electron chi connectivity index (χ3n) is 4.32. The van der Waals surface area contributed by atoms with Gasteiger partial charge in [-0.15, -0.1) is 0 Å². The topological polar surface area (TPSA) is 21.3 Å². The van der Waals surface area contributed by atoms with E-state index < -0.39 is 0 Å². The van der Waals surface area contributed by atoms with Crippen LogP contribution < -0.4 is 10.1 Å². The molecule has 0 unspecified atom stereocenters. The minimum atomic E-state index is 0.553. The SMILES string of the molecule is Cc1ccc(NCc2cc(Br)ccc2OCc2ccccc2C)cc1Cl. The second-order valence-corrected chi connectivity index (χ2v) is 7.61. The fourth-order valence-corrected chi connectivity index (χ4v) is 3.24. The molecule has 134 valence electrons. The van der Waals surface area contributed by atoms with E-state index in [1.54, 1.807) is 0 Å². The van der Waals surface area contributed by atoms with E-state index in [9.17, 15) is 0 Å². The van der Waals surface area contributed by atoms with Gasteiger partial charge < -0.3 is 10.1 Å². The second-order valence-electron chi connectivity index (χ2n) is 6.28. The largest absolute Gasteiger partial charge is 0.489 e. The molecule has 1 N–H and O–H groups in total. The van der Waals surface area contributed by atoms with Crippen molar-refractivity contribution in [3.63, 3.8) is 0 Å². The maximum Gasteiger partial charge on any atom is 0.124 e. The number of halogens is 2. The Morgan fingerprint density at radius 1 is 0.923 bits per heavy atom. The lowest BCUT2D eigenvalue weighted by Crippen LogP contribution is -2.04. The number of anilines is 1. The van der Waals surface area contributed by atoms with Crippen LogP contribution in [0.2, 0.25) is 5.02 Å². The average molecular weight is 431 g/mol. The maximum absolute atomic E-state index is 6.21. The van der Waals surface area contributed by atoms with Gasteiger partial charge in [0.05, 0.1) is 0 Å². The van der Waals surface area contributed by atoms with Gasteiger partial charge >= 0.3 is 0 Å². The molecular weight excluding hydrogens is 410 g/mol. The fraction of sp³-hybridized carbons (Fsp3) is 0.182. The standard InChI is InChI=1S/C22H21BrClNO/c1-15-5-3-4-6-17(15)14-26-22-10-8-19(23)11-18(22)13-25-20-9-7-16(2)21(24)12-20/h3-12,25H,13-14H2,1-2H3. The van der Waals surface area contributed by atoms with E-state index >= 15 is 0 Å². The van der Waals surface area contributed by atoms with Crippen LogP contribution in [0.15, 0.2) is 65.1 Å². The van der Waals surface area contributed by atoms with Crippen molar-refractivity contribution in [1.29, 1.82) is 0 Å². The molecular formula is C22H21BrClNO. The average Bonchev–Trinajstić information content (AvgIpc) is 2.63. The fourth-order valence-electron chi connectivity index (χ4n) is 2.65. The van der Waals surface area contributed by atoms with Gasteiger partial charge in [0.15, 0.2) is 0 Å². The van der Waals surface area contributed by atoms with Gasteiger partial charge in [0.2, 0.25) is 0 Å². The Morgan fingerprint density at radius 2 is 1.73 bits per heavy atom. The molecule has 0 aromatic heterocycles. The first kappa shape index (κ1) is 18.8. The van der Waals surface area contributed by atoms with Crippen LogP contribution in [0.3, 0.4) is 0 Å². The summed E-state index contributed by atoms with van der Waals surface area (Å²) >= 11 is 9.76. The summed E-state index contributed by atoms with van der Waals surface area (Å²) in [7, 11) is 0. The molecule has 0 amide bonds. The van der Waals surface area contributed by atoms with Crippen LogP contribution in [0.1, 0.15) is 22.3 Å². The molecule has 0 aliphatic heterocycles. The zero-order chi connectivity index (χ0) is 18.5. The molecule has 3 rings (SSSR count). The van der Waals surface area contributed by atoms with Gasteiger partial charge in [0, 0.05) is 27.3 Å². The maximum atomic E-state index is 6.21. The van der Waals surface area contributed by atoms with Gasteiger partial charge in [0.1, 0.15) is 12.4 Å². The van der Waals surface area contributed by atoms with Crippen molar-refractivity contribution in [2.45, 2.75) is 27.0 Å². The van der Waals surface area contributed by atoms with Crippen molar-refractivity contribution in [2.24, 2.45) is 0 Å². The van der Waals surface area contributed by atoms with E-state index in [2.05, 4.69) is 46.4 Å². The summed E-state index contributed by atoms with van der Waals surface area (Å²) < 4.78 is 7.13. The molecule has 0 bridgehead atoms. The Balaban J connectivity index is 1.73. The van der Waals surface area contributed by atoms with Crippen molar-refractivity contribution >= 4 is 33.2 Å². The summed E-state index contributed by atoms with van der Waals surface area (Å²) in [6, 6.07) is 20.4. The number of nitrogens with one attached hydrogen (secondary N) is 1. The third-order valence-corrected chi connectivity index (χ3v) is 5.22. The van der Waals surface area contributed by atoms with Gasteiger partial charge in [-0.05, 0) is 60.9 Å². The van der Waals surface area contributed by atoms with Gasteiger partial charge in [-0.25, -0.2) is 0 Å². The van der Waals surface area contributed by atoms with Crippen LogP contribution in [0.4, 0.5) is 5.69 Å². The van der Waals surface area contributed by atoms with Crippen LogP contribution in [-0.2, 0) is 13.2 Å². The molecule has 0 atom stereocenters. The lowest BCUT2D eigenvalue weighted by molar-refractivity contribution is 0.302. The van der Waals surface area contributed by atoms with Crippen molar-refractivity contribution < 1.29 is 4.74 Å². The van der Waals surface area contributed by atoms with E-state index in [1.807, 2.05) is 49.4 Å². The number of ether oxygens (including phenoxy) is 1. The zero-order valence-corrected chi connectivity index (χ0v) is 17.2. The molecule has 0 saturated carbocycles. The first-order valence-corrected chi connectivity index (χ1v) is 9.66. The molecule has 0 aliphatic rings. The smallest absolute Gasteiger partial charge is 0.124 e. The minimum absolute atomic E-state index is 0.553. The second kappa shape index (κ2) is 8.61. The lowest BCUT2D eigenvalue weighted by atomic mass is 10.1. The lowest BCUT2D eigenvalue weighted by Gasteiger charge is -2.15. The van der Waals surface area contributed by atoms with E-state index in [1.165, 1.54) is 11.1 Å². The van der Waals surface area contributed by atoms with Crippen molar-refractivity contribution in [3.05, 3.63) is 92.4 Å². The normalized spacial score (nSPS) is 10.6. The van der Waals surface area contributed by atoms with Crippen LogP contribution in [0, 0.1) is 13.8 Å². The summed E-state index contributed by atoms with van der Waals surface area (Å²) in [5.41, 5.74) is 5.58. The van der Waals surface area contributed by atoms with Crippen LogP contribution in [0.5, 0.6) is 5.75 Å². The number of hydrogen-bond donors (Lipinski definition) is 1. The van der Waals surface area contributed by atoms with E-state index in [-0.39, 0.29) is 0 Å². The third kappa shape index (κ3) is 4.80. The van der Waals surface area contributed by atoms with Gasteiger partial charge in [0.25, 0.3) is 0 Å². The highest BCUT2D eigenvalue weighted by atomic mass is 79.9. The number of hydrogen-bond acceptors (Lipinski definition) is 2. The summed E-state index contributed by atoms with van der Waals surface area (Å²) in [6.07, 6.45) is 0. The van der Waals surface area contributed by atoms with Crippen molar-refractivity contribution in [3.8, 4) is 5.75 Å². The highest BCUT2D eigenvalue weighted by molar-refractivity contribution is 9.10. The summed E-state index contributed by atoms with van der Waals surface area (Å²) in [6.45, 7) is 5.31. The predicted molar refractivity (Wildman–Crippen MR) is 113 cm³/mol. The van der Waals surface area contributed by atoms with Crippen molar-refractivity contribution in [1.82, 2.24) is 0 Å². The zero-order valence-electron chi connectivity index (χ0n) is 14.9. The molecule has 0 heterocycles. The van der Waals surface area contributed by atoms with E-state index in [0.717, 1.165) is 32.1 Å². The van der Waals surface area contributed by atoms with Gasteiger partial charge in [-0.3, -0.25) is 0 Å². The molecule has 3 aromatic rings. The molecule has 4 heteroatoms. The van der Waals surface area contributed by atoms with Crippen LogP contribution in [-0.4, -0.2) is 0 Å². The van der Waals surface area contributed by atoms with E-state index in [4.69, 9.17) is 16.3 Å². The molecule has 0 spiro atoms. The Labute approximate surface area is 168 Å². The highest BCUT2D eigenvalue weighted by Gasteiger charge is 2.07. The molecule has 0 fully saturated rings. The molecule has 0 aliphatic carbocycles. The predicted octanol–water partition coefficient (Wildman–Crippen LogP) is 6.91.